The van der Waals surface area contributed by atoms with Crippen LogP contribution in [0.25, 0.3) is 0 Å². The maximum atomic E-state index is 12.9. The summed E-state index contributed by atoms with van der Waals surface area (Å²) in [5, 5.41) is 9.13. The van der Waals surface area contributed by atoms with Gasteiger partial charge < -0.3 is 19.3 Å². The van der Waals surface area contributed by atoms with Crippen molar-refractivity contribution in [3.8, 4) is 0 Å². The number of carbonyl (C=O) groups is 3. The van der Waals surface area contributed by atoms with Crippen molar-refractivity contribution in [2.24, 2.45) is 0 Å². The molecule has 0 saturated carbocycles. The summed E-state index contributed by atoms with van der Waals surface area (Å²) in [5.41, 5.74) is 2.21. The zero-order valence-corrected chi connectivity index (χ0v) is 16.3. The molecule has 28 heavy (non-hydrogen) atoms. The Morgan fingerprint density at radius 1 is 1.25 bits per heavy atom. The van der Waals surface area contributed by atoms with Crippen molar-refractivity contribution in [2.75, 3.05) is 7.05 Å². The van der Waals surface area contributed by atoms with Gasteiger partial charge in [0.1, 0.15) is 23.1 Å². The Bertz CT molecular complexity index is 900. The summed E-state index contributed by atoms with van der Waals surface area (Å²) < 4.78 is 5.46. The predicted octanol–water partition coefficient (Wildman–Crippen LogP) is 2.74. The second-order valence-electron chi connectivity index (χ2n) is 7.24. The third-order valence-corrected chi connectivity index (χ3v) is 5.06. The Labute approximate surface area is 163 Å². The first-order valence-corrected chi connectivity index (χ1v) is 9.19. The number of hydrogen-bond acceptors (Lipinski definition) is 4. The number of carboxylic acid groups (broad SMARTS) is 1. The number of likely N-dealkylation sites (N-methyl/N-ethyl adjacent to an activating group) is 1. The molecule has 2 aromatic rings. The molecule has 1 aromatic carbocycles. The molecule has 1 unspecified atom stereocenters. The van der Waals surface area contributed by atoms with Crippen molar-refractivity contribution >= 4 is 17.8 Å². The molecule has 1 aliphatic rings. The van der Waals surface area contributed by atoms with Crippen LogP contribution < -0.4 is 0 Å². The quantitative estimate of drug-likeness (QED) is 0.827. The molecular weight excluding hydrogens is 360 g/mol. The Morgan fingerprint density at radius 3 is 2.54 bits per heavy atom. The average molecular weight is 384 g/mol. The summed E-state index contributed by atoms with van der Waals surface area (Å²) in [5.74, 6) is -0.564. The number of rotatable bonds is 6. The van der Waals surface area contributed by atoms with Gasteiger partial charge in [-0.2, -0.15) is 0 Å². The molecule has 0 spiro atoms. The highest BCUT2D eigenvalue weighted by molar-refractivity contribution is 5.91. The van der Waals surface area contributed by atoms with Gasteiger partial charge in [0.15, 0.2) is 0 Å². The number of likely N-dealkylation sites (tertiary alicyclic amines) is 1. The number of amides is 2. The first-order valence-electron chi connectivity index (χ1n) is 9.19. The zero-order chi connectivity index (χ0) is 20.4. The highest BCUT2D eigenvalue weighted by Gasteiger charge is 2.37. The maximum Gasteiger partial charge on any atom is 0.339 e. The minimum atomic E-state index is -1.06. The van der Waals surface area contributed by atoms with Crippen LogP contribution in [-0.4, -0.2) is 45.8 Å². The molecule has 1 fully saturated rings. The lowest BCUT2D eigenvalue weighted by atomic mass is 10.1. The van der Waals surface area contributed by atoms with E-state index >= 15 is 0 Å². The Kier molecular flexibility index (Phi) is 5.53. The summed E-state index contributed by atoms with van der Waals surface area (Å²) >= 11 is 0. The lowest BCUT2D eigenvalue weighted by Crippen LogP contribution is -2.44. The summed E-state index contributed by atoms with van der Waals surface area (Å²) in [6.45, 7) is 4.12. The standard InChI is InChI=1S/C21H24N2O5/c1-13-4-6-15(7-5-13)11-23-18(8-9-19(23)24)20(25)22(3)12-16-10-17(21(26)27)14(2)28-16/h4-7,10,18H,8-9,11-12H2,1-3H3,(H,26,27). The number of hydrogen-bond donors (Lipinski definition) is 1. The van der Waals surface area contributed by atoms with Gasteiger partial charge in [-0.05, 0) is 31.9 Å². The molecule has 1 saturated heterocycles. The Hall–Kier alpha value is -3.09. The molecule has 1 atom stereocenters. The van der Waals surface area contributed by atoms with E-state index < -0.39 is 12.0 Å². The Morgan fingerprint density at radius 2 is 1.93 bits per heavy atom. The van der Waals surface area contributed by atoms with Crippen LogP contribution >= 0.6 is 0 Å². The molecule has 1 N–H and O–H groups in total. The van der Waals surface area contributed by atoms with E-state index in [9.17, 15) is 14.4 Å². The number of carboxylic acids is 1. The van der Waals surface area contributed by atoms with Crippen LogP contribution in [-0.2, 0) is 22.7 Å². The van der Waals surface area contributed by atoms with Crippen LogP contribution in [0.2, 0.25) is 0 Å². The van der Waals surface area contributed by atoms with Crippen LogP contribution in [0.3, 0.4) is 0 Å². The normalized spacial score (nSPS) is 16.5. The minimum Gasteiger partial charge on any atom is -0.478 e. The van der Waals surface area contributed by atoms with E-state index in [4.69, 9.17) is 9.52 Å². The largest absolute Gasteiger partial charge is 0.478 e. The van der Waals surface area contributed by atoms with Crippen LogP contribution in [0, 0.1) is 13.8 Å². The molecule has 1 aromatic heterocycles. The smallest absolute Gasteiger partial charge is 0.339 e. The van der Waals surface area contributed by atoms with Gasteiger partial charge in [-0.3, -0.25) is 9.59 Å². The van der Waals surface area contributed by atoms with Crippen molar-refractivity contribution < 1.29 is 23.9 Å². The van der Waals surface area contributed by atoms with Gasteiger partial charge in [0, 0.05) is 20.0 Å². The topological polar surface area (TPSA) is 91.1 Å². The molecule has 0 radical (unpaired) electrons. The highest BCUT2D eigenvalue weighted by atomic mass is 16.4. The average Bonchev–Trinajstić information content (AvgIpc) is 3.19. The van der Waals surface area contributed by atoms with Gasteiger partial charge in [0.2, 0.25) is 11.8 Å². The molecule has 2 heterocycles. The second kappa shape index (κ2) is 7.88. The first kappa shape index (κ1) is 19.7. The molecule has 0 aliphatic carbocycles. The number of nitrogens with zero attached hydrogens (tertiary/aromatic N) is 2. The molecule has 7 nitrogen and oxygen atoms in total. The number of carbonyl (C=O) groups excluding carboxylic acids is 2. The second-order valence-corrected chi connectivity index (χ2v) is 7.24. The van der Waals surface area contributed by atoms with Gasteiger partial charge in [0.05, 0.1) is 6.54 Å². The molecule has 1 aliphatic heterocycles. The molecule has 7 heteroatoms. The van der Waals surface area contributed by atoms with E-state index in [1.807, 2.05) is 31.2 Å². The number of benzene rings is 1. The van der Waals surface area contributed by atoms with Gasteiger partial charge in [-0.25, -0.2) is 4.79 Å². The Balaban J connectivity index is 1.70. The third kappa shape index (κ3) is 4.08. The number of aryl methyl sites for hydroxylation is 2. The van der Waals surface area contributed by atoms with Crippen molar-refractivity contribution in [3.63, 3.8) is 0 Å². The van der Waals surface area contributed by atoms with E-state index in [2.05, 4.69) is 0 Å². The fourth-order valence-corrected chi connectivity index (χ4v) is 3.48. The molecule has 0 bridgehead atoms. The first-order chi connectivity index (χ1) is 13.3. The minimum absolute atomic E-state index is 0.0330. The zero-order valence-electron chi connectivity index (χ0n) is 16.3. The monoisotopic (exact) mass is 384 g/mol. The molecule has 3 rings (SSSR count). The number of aromatic carboxylic acids is 1. The van der Waals surface area contributed by atoms with Crippen LogP contribution in [0.4, 0.5) is 0 Å². The fourth-order valence-electron chi connectivity index (χ4n) is 3.48. The van der Waals surface area contributed by atoms with Gasteiger partial charge in [-0.15, -0.1) is 0 Å². The summed E-state index contributed by atoms with van der Waals surface area (Å²) in [6, 6.07) is 8.81. The molecule has 2 amide bonds. The van der Waals surface area contributed by atoms with E-state index in [1.54, 1.807) is 18.9 Å². The van der Waals surface area contributed by atoms with Crippen molar-refractivity contribution in [3.05, 3.63) is 58.5 Å². The predicted molar refractivity (Wildman–Crippen MR) is 102 cm³/mol. The molecule has 148 valence electrons. The van der Waals surface area contributed by atoms with Crippen LogP contribution in [0.5, 0.6) is 0 Å². The van der Waals surface area contributed by atoms with E-state index in [0.29, 0.717) is 30.9 Å². The third-order valence-electron chi connectivity index (χ3n) is 5.06. The van der Waals surface area contributed by atoms with Crippen molar-refractivity contribution in [1.82, 2.24) is 9.80 Å². The van der Waals surface area contributed by atoms with Crippen molar-refractivity contribution in [1.29, 1.82) is 0 Å². The van der Waals surface area contributed by atoms with Crippen molar-refractivity contribution in [2.45, 2.75) is 45.8 Å². The van der Waals surface area contributed by atoms with Gasteiger partial charge >= 0.3 is 5.97 Å². The van der Waals surface area contributed by atoms with Crippen LogP contribution in [0.15, 0.2) is 34.7 Å². The fraction of sp³-hybridized carbons (Fsp3) is 0.381. The number of furan rings is 1. The molecular formula is C21H24N2O5. The van der Waals surface area contributed by atoms with Gasteiger partial charge in [0.25, 0.3) is 0 Å². The summed E-state index contributed by atoms with van der Waals surface area (Å²) in [6.07, 6.45) is 0.824. The summed E-state index contributed by atoms with van der Waals surface area (Å²) in [7, 11) is 1.63. The lowest BCUT2D eigenvalue weighted by Gasteiger charge is -2.28. The SMILES string of the molecule is Cc1ccc(CN2C(=O)CCC2C(=O)N(C)Cc2cc(C(=O)O)c(C)o2)cc1. The maximum absolute atomic E-state index is 12.9. The van der Waals surface area contributed by atoms with E-state index in [1.165, 1.54) is 11.0 Å². The van der Waals surface area contributed by atoms with E-state index in [0.717, 1.165) is 11.1 Å². The van der Waals surface area contributed by atoms with Crippen LogP contribution in [0.1, 0.15) is 45.8 Å². The van der Waals surface area contributed by atoms with E-state index in [-0.39, 0.29) is 23.9 Å². The lowest BCUT2D eigenvalue weighted by molar-refractivity contribution is -0.141. The summed E-state index contributed by atoms with van der Waals surface area (Å²) in [4.78, 5) is 39.5. The highest BCUT2D eigenvalue weighted by Crippen LogP contribution is 2.24. The van der Waals surface area contributed by atoms with Gasteiger partial charge in [-0.1, -0.05) is 29.8 Å².